The van der Waals surface area contributed by atoms with Crippen molar-refractivity contribution in [2.24, 2.45) is 5.73 Å². The number of carbonyl (C=O) groups excluding carboxylic acids is 2. The predicted molar refractivity (Wildman–Crippen MR) is 94.9 cm³/mol. The SMILES string of the molecule is CN(C)c1ccc(NC(=O)COc2ccc(C(N)=O)cc2)cc1Cl. The predicted octanol–water partition coefficient (Wildman–Crippen LogP) is 2.52. The standard InChI is InChI=1S/C17H18ClN3O3/c1-21(2)15-8-5-12(9-14(15)18)20-16(22)10-24-13-6-3-11(4-7-13)17(19)23/h3-9H,10H2,1-2H3,(H2,19,23)(H,20,22). The quantitative estimate of drug-likeness (QED) is 0.841. The van der Waals surface area contributed by atoms with E-state index in [0.29, 0.717) is 22.0 Å². The fourth-order valence-electron chi connectivity index (χ4n) is 2.01. The second-order valence-corrected chi connectivity index (χ2v) is 5.69. The number of halogens is 1. The molecule has 0 aliphatic rings. The van der Waals surface area contributed by atoms with Crippen molar-refractivity contribution in [3.8, 4) is 5.75 Å². The first-order valence-electron chi connectivity index (χ1n) is 7.16. The topological polar surface area (TPSA) is 84.7 Å². The van der Waals surface area contributed by atoms with Crippen LogP contribution in [0, 0.1) is 0 Å². The van der Waals surface area contributed by atoms with Gasteiger partial charge >= 0.3 is 0 Å². The van der Waals surface area contributed by atoms with Crippen LogP contribution in [0.3, 0.4) is 0 Å². The summed E-state index contributed by atoms with van der Waals surface area (Å²) in [7, 11) is 3.77. The van der Waals surface area contributed by atoms with Crippen molar-refractivity contribution in [1.82, 2.24) is 0 Å². The van der Waals surface area contributed by atoms with E-state index in [0.717, 1.165) is 5.69 Å². The first-order valence-corrected chi connectivity index (χ1v) is 7.54. The Labute approximate surface area is 145 Å². The van der Waals surface area contributed by atoms with Crippen LogP contribution in [-0.2, 0) is 4.79 Å². The molecule has 0 unspecified atom stereocenters. The lowest BCUT2D eigenvalue weighted by Gasteiger charge is -2.15. The normalized spacial score (nSPS) is 10.1. The van der Waals surface area contributed by atoms with Crippen molar-refractivity contribution in [1.29, 1.82) is 0 Å². The van der Waals surface area contributed by atoms with E-state index >= 15 is 0 Å². The molecule has 0 aliphatic heterocycles. The number of hydrogen-bond donors (Lipinski definition) is 2. The summed E-state index contributed by atoms with van der Waals surface area (Å²) in [6.07, 6.45) is 0. The Kier molecular flexibility index (Phi) is 5.65. The van der Waals surface area contributed by atoms with Gasteiger partial charge in [0.2, 0.25) is 5.91 Å². The highest BCUT2D eigenvalue weighted by atomic mass is 35.5. The molecule has 0 saturated heterocycles. The Balaban J connectivity index is 1.91. The van der Waals surface area contributed by atoms with E-state index in [1.54, 1.807) is 24.3 Å². The Morgan fingerprint density at radius 3 is 2.38 bits per heavy atom. The van der Waals surface area contributed by atoms with Crippen molar-refractivity contribution in [3.05, 3.63) is 53.1 Å². The molecule has 0 spiro atoms. The first kappa shape index (κ1) is 17.6. The molecule has 2 amide bonds. The number of primary amides is 1. The summed E-state index contributed by atoms with van der Waals surface area (Å²) in [6.45, 7) is -0.164. The molecule has 0 saturated carbocycles. The largest absolute Gasteiger partial charge is 0.484 e. The molecule has 7 heteroatoms. The number of nitrogens with zero attached hydrogens (tertiary/aromatic N) is 1. The third kappa shape index (κ3) is 4.63. The molecule has 2 aromatic rings. The van der Waals surface area contributed by atoms with Gasteiger partial charge in [0.25, 0.3) is 5.91 Å². The fraction of sp³-hybridized carbons (Fsp3) is 0.176. The fourth-order valence-corrected chi connectivity index (χ4v) is 2.36. The van der Waals surface area contributed by atoms with E-state index in [1.807, 2.05) is 25.1 Å². The van der Waals surface area contributed by atoms with Crippen LogP contribution in [-0.4, -0.2) is 32.5 Å². The molecule has 0 radical (unpaired) electrons. The van der Waals surface area contributed by atoms with Crippen LogP contribution in [0.15, 0.2) is 42.5 Å². The third-order valence-electron chi connectivity index (χ3n) is 3.22. The maximum atomic E-state index is 11.9. The van der Waals surface area contributed by atoms with Gasteiger partial charge in [0.15, 0.2) is 6.61 Å². The highest BCUT2D eigenvalue weighted by Gasteiger charge is 2.08. The van der Waals surface area contributed by atoms with Crippen molar-refractivity contribution in [2.75, 3.05) is 30.9 Å². The Hall–Kier alpha value is -2.73. The van der Waals surface area contributed by atoms with Crippen LogP contribution >= 0.6 is 11.6 Å². The minimum absolute atomic E-state index is 0.164. The zero-order valence-electron chi connectivity index (χ0n) is 13.4. The molecule has 0 aliphatic carbocycles. The number of benzene rings is 2. The average Bonchev–Trinajstić information content (AvgIpc) is 2.53. The molecule has 24 heavy (non-hydrogen) atoms. The number of carbonyl (C=O) groups is 2. The van der Waals surface area contributed by atoms with Gasteiger partial charge in [-0.3, -0.25) is 9.59 Å². The number of nitrogens with two attached hydrogens (primary N) is 1. The van der Waals surface area contributed by atoms with Crippen molar-refractivity contribution >= 4 is 34.8 Å². The van der Waals surface area contributed by atoms with E-state index in [-0.39, 0.29) is 12.5 Å². The minimum Gasteiger partial charge on any atom is -0.484 e. The number of hydrogen-bond acceptors (Lipinski definition) is 4. The smallest absolute Gasteiger partial charge is 0.262 e. The Morgan fingerprint density at radius 2 is 1.83 bits per heavy atom. The van der Waals surface area contributed by atoms with E-state index in [9.17, 15) is 9.59 Å². The van der Waals surface area contributed by atoms with Gasteiger partial charge in [0.1, 0.15) is 5.75 Å². The number of anilines is 2. The number of amides is 2. The zero-order chi connectivity index (χ0) is 17.7. The monoisotopic (exact) mass is 347 g/mol. The average molecular weight is 348 g/mol. The summed E-state index contributed by atoms with van der Waals surface area (Å²) < 4.78 is 5.36. The van der Waals surface area contributed by atoms with Gasteiger partial charge in [-0.05, 0) is 42.5 Å². The van der Waals surface area contributed by atoms with Crippen LogP contribution in [0.1, 0.15) is 10.4 Å². The van der Waals surface area contributed by atoms with Gasteiger partial charge in [0.05, 0.1) is 10.7 Å². The summed E-state index contributed by atoms with van der Waals surface area (Å²) in [5.41, 5.74) is 6.98. The summed E-state index contributed by atoms with van der Waals surface area (Å²) >= 11 is 6.16. The molecule has 2 rings (SSSR count). The molecule has 3 N–H and O–H groups in total. The third-order valence-corrected chi connectivity index (χ3v) is 3.52. The summed E-state index contributed by atoms with van der Waals surface area (Å²) in [5, 5.41) is 3.25. The van der Waals surface area contributed by atoms with Gasteiger partial charge in [-0.25, -0.2) is 0 Å². The van der Waals surface area contributed by atoms with Crippen molar-refractivity contribution in [3.63, 3.8) is 0 Å². The second kappa shape index (κ2) is 7.70. The zero-order valence-corrected chi connectivity index (χ0v) is 14.1. The minimum atomic E-state index is -0.516. The highest BCUT2D eigenvalue weighted by molar-refractivity contribution is 6.33. The van der Waals surface area contributed by atoms with Crippen LogP contribution in [0.4, 0.5) is 11.4 Å². The lowest BCUT2D eigenvalue weighted by molar-refractivity contribution is -0.118. The van der Waals surface area contributed by atoms with Gasteiger partial charge in [0, 0.05) is 25.3 Å². The lowest BCUT2D eigenvalue weighted by atomic mass is 10.2. The Morgan fingerprint density at radius 1 is 1.17 bits per heavy atom. The molecular formula is C17H18ClN3O3. The molecule has 0 heterocycles. The molecule has 126 valence electrons. The first-order chi connectivity index (χ1) is 11.4. The molecule has 2 aromatic carbocycles. The maximum absolute atomic E-state index is 11.9. The Bertz CT molecular complexity index is 745. The number of ether oxygens (including phenoxy) is 1. The summed E-state index contributed by atoms with van der Waals surface area (Å²) in [6, 6.07) is 11.5. The van der Waals surface area contributed by atoms with E-state index in [1.165, 1.54) is 12.1 Å². The second-order valence-electron chi connectivity index (χ2n) is 5.29. The van der Waals surface area contributed by atoms with Gasteiger partial charge in [-0.15, -0.1) is 0 Å². The maximum Gasteiger partial charge on any atom is 0.262 e. The van der Waals surface area contributed by atoms with Gasteiger partial charge in [-0.2, -0.15) is 0 Å². The van der Waals surface area contributed by atoms with Crippen LogP contribution in [0.25, 0.3) is 0 Å². The molecule has 0 fully saturated rings. The van der Waals surface area contributed by atoms with Crippen molar-refractivity contribution in [2.45, 2.75) is 0 Å². The van der Waals surface area contributed by atoms with E-state index in [2.05, 4.69) is 5.32 Å². The molecule has 0 bridgehead atoms. The highest BCUT2D eigenvalue weighted by Crippen LogP contribution is 2.27. The lowest BCUT2D eigenvalue weighted by Crippen LogP contribution is -2.20. The number of nitrogens with one attached hydrogen (secondary N) is 1. The molecular weight excluding hydrogens is 330 g/mol. The molecule has 0 aromatic heterocycles. The summed E-state index contributed by atoms with van der Waals surface area (Å²) in [5.74, 6) is -0.365. The van der Waals surface area contributed by atoms with Crippen LogP contribution in [0.2, 0.25) is 5.02 Å². The van der Waals surface area contributed by atoms with E-state index < -0.39 is 5.91 Å². The van der Waals surface area contributed by atoms with Crippen molar-refractivity contribution < 1.29 is 14.3 Å². The molecule has 0 atom stereocenters. The van der Waals surface area contributed by atoms with Crippen LogP contribution < -0.4 is 20.7 Å². The molecule has 6 nitrogen and oxygen atoms in total. The summed E-state index contributed by atoms with van der Waals surface area (Å²) in [4.78, 5) is 24.8. The van der Waals surface area contributed by atoms with Crippen LogP contribution in [0.5, 0.6) is 5.75 Å². The van der Waals surface area contributed by atoms with E-state index in [4.69, 9.17) is 22.1 Å². The van der Waals surface area contributed by atoms with Gasteiger partial charge in [-0.1, -0.05) is 11.6 Å². The number of rotatable bonds is 6. The van der Waals surface area contributed by atoms with Gasteiger partial charge < -0.3 is 20.7 Å².